The Kier molecular flexibility index (Phi) is 3.69. The van der Waals surface area contributed by atoms with Crippen LogP contribution in [-0.4, -0.2) is 29.9 Å². The zero-order valence-electron chi connectivity index (χ0n) is 9.63. The van der Waals surface area contributed by atoms with E-state index in [1.807, 2.05) is 0 Å². The molecule has 18 heavy (non-hydrogen) atoms. The quantitative estimate of drug-likeness (QED) is 0.807. The van der Waals surface area contributed by atoms with Gasteiger partial charge in [-0.05, 0) is 35.9 Å². The molecule has 0 fully saturated rings. The lowest BCUT2D eigenvalue weighted by Crippen LogP contribution is -2.06. The van der Waals surface area contributed by atoms with Gasteiger partial charge in [-0.1, -0.05) is 12.1 Å². The van der Waals surface area contributed by atoms with E-state index in [1.165, 1.54) is 18.2 Å². The van der Waals surface area contributed by atoms with Gasteiger partial charge in [-0.25, -0.2) is 0 Å². The van der Waals surface area contributed by atoms with Crippen molar-refractivity contribution in [3.63, 3.8) is 0 Å². The van der Waals surface area contributed by atoms with E-state index in [-0.39, 0.29) is 24.8 Å². The summed E-state index contributed by atoms with van der Waals surface area (Å²) in [5, 5.41) is 8.63. The van der Waals surface area contributed by atoms with Gasteiger partial charge in [0.25, 0.3) is 0 Å². The van der Waals surface area contributed by atoms with Crippen LogP contribution in [0.1, 0.15) is 5.56 Å². The van der Waals surface area contributed by atoms with Gasteiger partial charge in [0.2, 0.25) is 0 Å². The average Bonchev–Trinajstić information content (AvgIpc) is 2.40. The van der Waals surface area contributed by atoms with E-state index < -0.39 is 0 Å². The summed E-state index contributed by atoms with van der Waals surface area (Å²) in [5.41, 5.74) is 1.06. The zero-order chi connectivity index (χ0) is 13.0. The third kappa shape index (κ3) is 2.73. The molecular formula is C14H12O4. The first-order chi connectivity index (χ1) is 8.70. The molecule has 2 rings (SSSR count). The SMILES string of the molecule is O=C1C=CC(=O)C(c2ccc(OCCO)cc2)=C1. The predicted molar refractivity (Wildman–Crippen MR) is 66.2 cm³/mol. The molecular weight excluding hydrogens is 232 g/mol. The molecule has 0 amide bonds. The molecule has 0 aromatic heterocycles. The predicted octanol–water partition coefficient (Wildman–Crippen LogP) is 1.15. The van der Waals surface area contributed by atoms with Crippen molar-refractivity contribution in [2.75, 3.05) is 13.2 Å². The minimum Gasteiger partial charge on any atom is -0.491 e. The average molecular weight is 244 g/mol. The van der Waals surface area contributed by atoms with E-state index in [0.717, 1.165) is 0 Å². The van der Waals surface area contributed by atoms with E-state index in [9.17, 15) is 9.59 Å². The Morgan fingerprint density at radius 2 is 1.78 bits per heavy atom. The maximum atomic E-state index is 11.6. The molecule has 0 saturated carbocycles. The highest BCUT2D eigenvalue weighted by molar-refractivity contribution is 6.33. The van der Waals surface area contributed by atoms with E-state index >= 15 is 0 Å². The van der Waals surface area contributed by atoms with Crippen molar-refractivity contribution >= 4 is 17.1 Å². The lowest BCUT2D eigenvalue weighted by Gasteiger charge is -2.08. The standard InChI is InChI=1S/C14H12O4/c15-7-8-18-12-4-1-10(2-5-12)13-9-11(16)3-6-14(13)17/h1-6,9,15H,7-8H2. The number of hydrogen-bond acceptors (Lipinski definition) is 4. The van der Waals surface area contributed by atoms with Gasteiger partial charge < -0.3 is 9.84 Å². The molecule has 4 heteroatoms. The van der Waals surface area contributed by atoms with Crippen LogP contribution in [0.4, 0.5) is 0 Å². The summed E-state index contributed by atoms with van der Waals surface area (Å²) in [6, 6.07) is 6.82. The highest BCUT2D eigenvalue weighted by atomic mass is 16.5. The van der Waals surface area contributed by atoms with Gasteiger partial charge in [0, 0.05) is 5.57 Å². The Morgan fingerprint density at radius 3 is 2.44 bits per heavy atom. The molecule has 0 aliphatic heterocycles. The minimum atomic E-state index is -0.190. The van der Waals surface area contributed by atoms with Crippen LogP contribution in [-0.2, 0) is 9.59 Å². The number of allylic oxidation sites excluding steroid dienone is 4. The molecule has 4 nitrogen and oxygen atoms in total. The number of carbonyl (C=O) groups is 2. The fourth-order valence-electron chi connectivity index (χ4n) is 1.63. The molecule has 0 spiro atoms. The van der Waals surface area contributed by atoms with Crippen molar-refractivity contribution in [1.29, 1.82) is 0 Å². The Labute approximate surface area is 104 Å². The van der Waals surface area contributed by atoms with Crippen molar-refractivity contribution < 1.29 is 19.4 Å². The van der Waals surface area contributed by atoms with Crippen molar-refractivity contribution in [2.24, 2.45) is 0 Å². The summed E-state index contributed by atoms with van der Waals surface area (Å²) in [6.45, 7) is 0.173. The number of aliphatic hydroxyl groups excluding tert-OH is 1. The minimum absolute atomic E-state index is 0.0509. The number of aliphatic hydroxyl groups is 1. The third-order valence-corrected chi connectivity index (χ3v) is 2.48. The molecule has 0 radical (unpaired) electrons. The number of carbonyl (C=O) groups excluding carboxylic acids is 2. The smallest absolute Gasteiger partial charge is 0.186 e. The highest BCUT2D eigenvalue weighted by Crippen LogP contribution is 2.21. The Hall–Kier alpha value is -2.20. The number of hydrogen-bond donors (Lipinski definition) is 1. The second kappa shape index (κ2) is 5.42. The lowest BCUT2D eigenvalue weighted by atomic mass is 9.96. The van der Waals surface area contributed by atoms with Crippen LogP contribution in [0, 0.1) is 0 Å². The maximum absolute atomic E-state index is 11.6. The summed E-state index contributed by atoms with van der Waals surface area (Å²) >= 11 is 0. The summed E-state index contributed by atoms with van der Waals surface area (Å²) in [4.78, 5) is 22.9. The Bertz CT molecular complexity index is 523. The van der Waals surface area contributed by atoms with E-state index in [2.05, 4.69) is 0 Å². The Balaban J connectivity index is 2.19. The first kappa shape index (κ1) is 12.3. The van der Waals surface area contributed by atoms with Crippen molar-refractivity contribution in [3.8, 4) is 5.75 Å². The van der Waals surface area contributed by atoms with Gasteiger partial charge >= 0.3 is 0 Å². The van der Waals surface area contributed by atoms with Crippen LogP contribution in [0.15, 0.2) is 42.5 Å². The molecule has 1 N–H and O–H groups in total. The maximum Gasteiger partial charge on any atom is 0.186 e. The van der Waals surface area contributed by atoms with Crippen molar-refractivity contribution in [1.82, 2.24) is 0 Å². The summed E-state index contributed by atoms with van der Waals surface area (Å²) in [7, 11) is 0. The molecule has 1 aromatic rings. The van der Waals surface area contributed by atoms with E-state index in [0.29, 0.717) is 16.9 Å². The molecule has 1 aromatic carbocycles. The fourth-order valence-corrected chi connectivity index (χ4v) is 1.63. The van der Waals surface area contributed by atoms with Crippen LogP contribution in [0.2, 0.25) is 0 Å². The molecule has 0 heterocycles. The van der Waals surface area contributed by atoms with E-state index in [4.69, 9.17) is 9.84 Å². The van der Waals surface area contributed by atoms with Gasteiger partial charge in [0.1, 0.15) is 12.4 Å². The monoisotopic (exact) mass is 244 g/mol. The lowest BCUT2D eigenvalue weighted by molar-refractivity contribution is -0.113. The summed E-state index contributed by atoms with van der Waals surface area (Å²) in [6.07, 6.45) is 3.85. The van der Waals surface area contributed by atoms with Gasteiger partial charge in [-0.3, -0.25) is 9.59 Å². The highest BCUT2D eigenvalue weighted by Gasteiger charge is 2.14. The first-order valence-electron chi connectivity index (χ1n) is 5.53. The van der Waals surface area contributed by atoms with Crippen LogP contribution >= 0.6 is 0 Å². The number of benzene rings is 1. The second-order valence-corrected chi connectivity index (χ2v) is 3.75. The third-order valence-electron chi connectivity index (χ3n) is 2.48. The number of ether oxygens (including phenoxy) is 1. The molecule has 0 unspecified atom stereocenters. The number of rotatable bonds is 4. The second-order valence-electron chi connectivity index (χ2n) is 3.75. The van der Waals surface area contributed by atoms with Crippen molar-refractivity contribution in [2.45, 2.75) is 0 Å². The van der Waals surface area contributed by atoms with Gasteiger partial charge in [0.15, 0.2) is 11.6 Å². The number of ketones is 2. The summed E-state index contributed by atoms with van der Waals surface area (Å²) in [5.74, 6) is 0.238. The van der Waals surface area contributed by atoms with Crippen molar-refractivity contribution in [3.05, 3.63) is 48.1 Å². The summed E-state index contributed by atoms with van der Waals surface area (Å²) < 4.78 is 5.21. The van der Waals surface area contributed by atoms with Crippen LogP contribution < -0.4 is 4.74 Å². The van der Waals surface area contributed by atoms with Crippen LogP contribution in [0.5, 0.6) is 5.75 Å². The molecule has 92 valence electrons. The van der Waals surface area contributed by atoms with Crippen LogP contribution in [0.3, 0.4) is 0 Å². The first-order valence-corrected chi connectivity index (χ1v) is 5.53. The molecule has 0 bridgehead atoms. The molecule has 0 saturated heterocycles. The normalized spacial score (nSPS) is 14.6. The molecule has 0 atom stereocenters. The zero-order valence-corrected chi connectivity index (χ0v) is 9.63. The van der Waals surface area contributed by atoms with Gasteiger partial charge in [-0.2, -0.15) is 0 Å². The Morgan fingerprint density at radius 1 is 1.06 bits per heavy atom. The van der Waals surface area contributed by atoms with Gasteiger partial charge in [0.05, 0.1) is 6.61 Å². The fraction of sp³-hybridized carbons (Fsp3) is 0.143. The van der Waals surface area contributed by atoms with E-state index in [1.54, 1.807) is 24.3 Å². The largest absolute Gasteiger partial charge is 0.491 e. The molecule has 1 aliphatic carbocycles. The van der Waals surface area contributed by atoms with Crippen LogP contribution in [0.25, 0.3) is 5.57 Å². The molecule has 1 aliphatic rings. The van der Waals surface area contributed by atoms with Gasteiger partial charge in [-0.15, -0.1) is 0 Å². The topological polar surface area (TPSA) is 63.6 Å².